The van der Waals surface area contributed by atoms with Crippen LogP contribution < -0.4 is 15.4 Å². The van der Waals surface area contributed by atoms with Crippen molar-refractivity contribution in [1.82, 2.24) is 0 Å². The van der Waals surface area contributed by atoms with Crippen LogP contribution in [0.5, 0.6) is 5.75 Å². The highest BCUT2D eigenvalue weighted by molar-refractivity contribution is 6.06. The molecule has 0 saturated heterocycles. The van der Waals surface area contributed by atoms with Gasteiger partial charge in [0.1, 0.15) is 17.5 Å². The van der Waals surface area contributed by atoms with Gasteiger partial charge in [-0.1, -0.05) is 19.9 Å². The Hall–Kier alpha value is -2.24. The lowest BCUT2D eigenvalue weighted by atomic mass is 10.1. The number of nitrogens with zero attached hydrogens (tertiary/aromatic N) is 1. The minimum absolute atomic E-state index is 0.229. The van der Waals surface area contributed by atoms with E-state index in [4.69, 9.17) is 15.2 Å². The first kappa shape index (κ1) is 16.1. The number of carbonyl (C=O) groups is 2. The monoisotopic (exact) mass is 306 g/mol. The molecule has 0 radical (unpaired) electrons. The predicted octanol–water partition coefficient (Wildman–Crippen LogP) is 1.97. The molecule has 1 aromatic carbocycles. The third-order valence-electron chi connectivity index (χ3n) is 3.45. The molecule has 2 atom stereocenters. The summed E-state index contributed by atoms with van der Waals surface area (Å²) in [6, 6.07) is 4.38. The summed E-state index contributed by atoms with van der Waals surface area (Å²) in [7, 11) is 0. The first-order valence-electron chi connectivity index (χ1n) is 7.37. The van der Waals surface area contributed by atoms with Gasteiger partial charge < -0.3 is 15.2 Å². The molecule has 1 aromatic rings. The molecule has 22 heavy (non-hydrogen) atoms. The summed E-state index contributed by atoms with van der Waals surface area (Å²) >= 11 is 0. The molecule has 1 aliphatic heterocycles. The van der Waals surface area contributed by atoms with Crippen molar-refractivity contribution in [3.8, 4) is 5.75 Å². The maximum absolute atomic E-state index is 12.5. The van der Waals surface area contributed by atoms with E-state index < -0.39 is 18.1 Å². The van der Waals surface area contributed by atoms with Crippen LogP contribution in [0.2, 0.25) is 0 Å². The molecule has 2 N–H and O–H groups in total. The van der Waals surface area contributed by atoms with Gasteiger partial charge in [-0.3, -0.25) is 9.69 Å². The van der Waals surface area contributed by atoms with Gasteiger partial charge in [-0.25, -0.2) is 4.79 Å². The zero-order valence-electron chi connectivity index (χ0n) is 13.3. The van der Waals surface area contributed by atoms with Crippen LogP contribution in [0, 0.1) is 5.92 Å². The number of ether oxygens (including phenoxy) is 2. The third kappa shape index (κ3) is 3.00. The molecule has 0 bridgehead atoms. The van der Waals surface area contributed by atoms with Crippen molar-refractivity contribution >= 4 is 23.3 Å². The number of amides is 1. The fourth-order valence-electron chi connectivity index (χ4n) is 2.30. The van der Waals surface area contributed by atoms with Crippen LogP contribution in [-0.2, 0) is 14.3 Å². The highest BCUT2D eigenvalue weighted by atomic mass is 16.5. The Kier molecular flexibility index (Phi) is 4.59. The lowest BCUT2D eigenvalue weighted by Gasteiger charge is -2.36. The number of carbonyl (C=O) groups excluding carboxylic acids is 2. The van der Waals surface area contributed by atoms with E-state index in [2.05, 4.69) is 0 Å². The summed E-state index contributed by atoms with van der Waals surface area (Å²) in [5.74, 6) is -0.0341. The highest BCUT2D eigenvalue weighted by Crippen LogP contribution is 2.39. The summed E-state index contributed by atoms with van der Waals surface area (Å²) in [5.41, 5.74) is 6.79. The number of para-hydroxylation sites is 1. The minimum atomic E-state index is -0.763. The van der Waals surface area contributed by atoms with E-state index in [0.717, 1.165) is 0 Å². The largest absolute Gasteiger partial charge is 0.479 e. The molecule has 1 heterocycles. The number of hydrogen-bond donors (Lipinski definition) is 1. The number of benzene rings is 1. The topological polar surface area (TPSA) is 81.9 Å². The molecule has 6 nitrogen and oxygen atoms in total. The van der Waals surface area contributed by atoms with Crippen LogP contribution in [0.25, 0.3) is 0 Å². The van der Waals surface area contributed by atoms with Crippen LogP contribution in [0.3, 0.4) is 0 Å². The van der Waals surface area contributed by atoms with Gasteiger partial charge in [-0.05, 0) is 31.9 Å². The van der Waals surface area contributed by atoms with E-state index in [1.165, 1.54) is 4.90 Å². The van der Waals surface area contributed by atoms with E-state index >= 15 is 0 Å². The average molecular weight is 306 g/mol. The highest BCUT2D eigenvalue weighted by Gasteiger charge is 2.39. The predicted molar refractivity (Wildman–Crippen MR) is 83.7 cm³/mol. The molecule has 120 valence electrons. The van der Waals surface area contributed by atoms with Crippen molar-refractivity contribution in [3.63, 3.8) is 0 Å². The van der Waals surface area contributed by atoms with Gasteiger partial charge in [0, 0.05) is 0 Å². The van der Waals surface area contributed by atoms with E-state index in [0.29, 0.717) is 23.7 Å². The smallest absolute Gasteiger partial charge is 0.328 e. The zero-order chi connectivity index (χ0) is 16.4. The second-order valence-electron chi connectivity index (χ2n) is 5.86. The fraction of sp³-hybridized carbons (Fsp3) is 0.500. The summed E-state index contributed by atoms with van der Waals surface area (Å²) in [5, 5.41) is 0. The first-order valence-corrected chi connectivity index (χ1v) is 7.37. The summed E-state index contributed by atoms with van der Waals surface area (Å²) in [6.07, 6.45) is -0.672. The van der Waals surface area contributed by atoms with Crippen molar-refractivity contribution in [2.75, 3.05) is 17.2 Å². The SMILES string of the molecule is CC(C)COC(=O)C(C)N1C(=O)C(C)Oc2cccc(N)c21. The zero-order valence-corrected chi connectivity index (χ0v) is 13.3. The van der Waals surface area contributed by atoms with E-state index in [-0.39, 0.29) is 11.8 Å². The summed E-state index contributed by atoms with van der Waals surface area (Å²) < 4.78 is 10.8. The fourth-order valence-corrected chi connectivity index (χ4v) is 2.30. The van der Waals surface area contributed by atoms with Crippen LogP contribution in [0.15, 0.2) is 18.2 Å². The molecule has 6 heteroatoms. The molecule has 0 fully saturated rings. The van der Waals surface area contributed by atoms with Crippen LogP contribution in [-0.4, -0.2) is 30.6 Å². The number of esters is 1. The molecule has 0 aliphatic carbocycles. The minimum Gasteiger partial charge on any atom is -0.479 e. The molecule has 1 amide bonds. The van der Waals surface area contributed by atoms with Gasteiger partial charge in [0.25, 0.3) is 5.91 Å². The van der Waals surface area contributed by atoms with Gasteiger partial charge in [0.05, 0.1) is 12.3 Å². The molecule has 0 saturated carbocycles. The molecular weight excluding hydrogens is 284 g/mol. The number of nitrogens with two attached hydrogens (primary N) is 1. The molecular formula is C16H22N2O4. The van der Waals surface area contributed by atoms with Crippen molar-refractivity contribution in [2.24, 2.45) is 5.92 Å². The number of nitrogen functional groups attached to an aromatic ring is 1. The van der Waals surface area contributed by atoms with Crippen LogP contribution >= 0.6 is 0 Å². The average Bonchev–Trinajstić information content (AvgIpc) is 2.46. The van der Waals surface area contributed by atoms with E-state index in [1.807, 2.05) is 13.8 Å². The van der Waals surface area contributed by atoms with Crippen LogP contribution in [0.4, 0.5) is 11.4 Å². The van der Waals surface area contributed by atoms with Gasteiger partial charge >= 0.3 is 5.97 Å². The van der Waals surface area contributed by atoms with Crippen molar-refractivity contribution in [1.29, 1.82) is 0 Å². The Morgan fingerprint density at radius 3 is 2.73 bits per heavy atom. The number of rotatable bonds is 4. The third-order valence-corrected chi connectivity index (χ3v) is 3.45. The van der Waals surface area contributed by atoms with Gasteiger partial charge in [-0.15, -0.1) is 0 Å². The maximum atomic E-state index is 12.5. The van der Waals surface area contributed by atoms with Crippen molar-refractivity contribution in [2.45, 2.75) is 39.8 Å². The Bertz CT molecular complexity index is 586. The Morgan fingerprint density at radius 2 is 2.09 bits per heavy atom. The van der Waals surface area contributed by atoms with Gasteiger partial charge in [0.2, 0.25) is 0 Å². The van der Waals surface area contributed by atoms with Crippen molar-refractivity contribution in [3.05, 3.63) is 18.2 Å². The molecule has 0 spiro atoms. The summed E-state index contributed by atoms with van der Waals surface area (Å²) in [6.45, 7) is 7.50. The lowest BCUT2D eigenvalue weighted by molar-refractivity contribution is -0.147. The molecule has 2 unspecified atom stereocenters. The quantitative estimate of drug-likeness (QED) is 0.679. The first-order chi connectivity index (χ1) is 10.3. The maximum Gasteiger partial charge on any atom is 0.328 e. The Labute approximate surface area is 130 Å². The van der Waals surface area contributed by atoms with Gasteiger partial charge in [0.15, 0.2) is 6.10 Å². The Balaban J connectivity index is 2.33. The number of anilines is 2. The van der Waals surface area contributed by atoms with Gasteiger partial charge in [-0.2, -0.15) is 0 Å². The van der Waals surface area contributed by atoms with E-state index in [1.54, 1.807) is 32.0 Å². The molecule has 2 rings (SSSR count). The van der Waals surface area contributed by atoms with Crippen LogP contribution in [0.1, 0.15) is 27.7 Å². The van der Waals surface area contributed by atoms with E-state index in [9.17, 15) is 9.59 Å². The lowest BCUT2D eigenvalue weighted by Crippen LogP contribution is -2.52. The standard InChI is InChI=1S/C16H22N2O4/c1-9(2)8-21-16(20)10(3)18-14-12(17)6-5-7-13(14)22-11(4)15(18)19/h5-7,9-11H,8,17H2,1-4H3. The number of fused-ring (bicyclic) bond motifs is 1. The second-order valence-corrected chi connectivity index (χ2v) is 5.86. The Morgan fingerprint density at radius 1 is 1.41 bits per heavy atom. The second kappa shape index (κ2) is 6.25. The summed E-state index contributed by atoms with van der Waals surface area (Å²) in [4.78, 5) is 26.1. The number of hydrogen-bond acceptors (Lipinski definition) is 5. The molecule has 1 aliphatic rings. The normalized spacial score (nSPS) is 18.7. The van der Waals surface area contributed by atoms with Crippen molar-refractivity contribution < 1.29 is 19.1 Å². The molecule has 0 aromatic heterocycles.